The van der Waals surface area contributed by atoms with E-state index < -0.39 is 0 Å². The van der Waals surface area contributed by atoms with Crippen molar-refractivity contribution in [2.24, 2.45) is 5.92 Å². The first-order chi connectivity index (χ1) is 7.90. The minimum Gasteiger partial charge on any atom is -0.302 e. The van der Waals surface area contributed by atoms with Gasteiger partial charge >= 0.3 is 0 Å². The second-order valence-electron chi connectivity index (χ2n) is 5.17. The van der Waals surface area contributed by atoms with E-state index in [9.17, 15) is 4.79 Å². The van der Waals surface area contributed by atoms with Crippen molar-refractivity contribution >= 4 is 6.29 Å². The highest BCUT2D eigenvalue weighted by molar-refractivity contribution is 5.57. The van der Waals surface area contributed by atoms with E-state index in [2.05, 4.69) is 17.1 Å². The SMILES string of the molecule is O=CC(CCC1CC=CCC1)N1CCCC1. The summed E-state index contributed by atoms with van der Waals surface area (Å²) in [7, 11) is 0. The fraction of sp³-hybridized carbons (Fsp3) is 0.786. The average Bonchev–Trinajstić information content (AvgIpc) is 2.85. The number of allylic oxidation sites excluding steroid dienone is 2. The van der Waals surface area contributed by atoms with Crippen LogP contribution in [0.1, 0.15) is 44.9 Å². The molecule has 0 spiro atoms. The first-order valence-electron chi connectivity index (χ1n) is 6.74. The third kappa shape index (κ3) is 3.18. The van der Waals surface area contributed by atoms with E-state index >= 15 is 0 Å². The van der Waals surface area contributed by atoms with Crippen molar-refractivity contribution in [1.82, 2.24) is 4.90 Å². The summed E-state index contributed by atoms with van der Waals surface area (Å²) in [6, 6.07) is 0.202. The molecule has 2 rings (SSSR count). The lowest BCUT2D eigenvalue weighted by Gasteiger charge is -2.25. The number of aldehydes is 1. The van der Waals surface area contributed by atoms with E-state index in [1.165, 1.54) is 44.8 Å². The second kappa shape index (κ2) is 6.19. The maximum Gasteiger partial charge on any atom is 0.137 e. The molecule has 0 amide bonds. The molecule has 1 saturated heterocycles. The van der Waals surface area contributed by atoms with Crippen molar-refractivity contribution in [3.05, 3.63) is 12.2 Å². The molecule has 0 radical (unpaired) electrons. The van der Waals surface area contributed by atoms with Gasteiger partial charge in [-0.15, -0.1) is 0 Å². The average molecular weight is 221 g/mol. The van der Waals surface area contributed by atoms with Crippen LogP contribution in [-0.2, 0) is 4.79 Å². The van der Waals surface area contributed by atoms with Crippen molar-refractivity contribution in [3.63, 3.8) is 0 Å². The van der Waals surface area contributed by atoms with Gasteiger partial charge in [0.05, 0.1) is 6.04 Å². The van der Waals surface area contributed by atoms with Crippen LogP contribution >= 0.6 is 0 Å². The normalized spacial score (nSPS) is 28.1. The zero-order chi connectivity index (χ0) is 11.2. The third-order valence-electron chi connectivity index (χ3n) is 4.02. The molecule has 90 valence electrons. The zero-order valence-corrected chi connectivity index (χ0v) is 10.1. The van der Waals surface area contributed by atoms with Crippen LogP contribution in [-0.4, -0.2) is 30.3 Å². The molecule has 2 heteroatoms. The van der Waals surface area contributed by atoms with Gasteiger partial charge in [-0.3, -0.25) is 4.90 Å². The molecule has 0 bridgehead atoms. The Balaban J connectivity index is 1.73. The summed E-state index contributed by atoms with van der Waals surface area (Å²) in [4.78, 5) is 13.5. The number of likely N-dealkylation sites (tertiary alicyclic amines) is 1. The fourth-order valence-corrected chi connectivity index (χ4v) is 2.93. The molecule has 2 atom stereocenters. The molecule has 0 aromatic heterocycles. The molecule has 0 aromatic carbocycles. The first-order valence-corrected chi connectivity index (χ1v) is 6.74. The van der Waals surface area contributed by atoms with Gasteiger partial charge in [0.2, 0.25) is 0 Å². The quantitative estimate of drug-likeness (QED) is 0.525. The fourth-order valence-electron chi connectivity index (χ4n) is 2.93. The van der Waals surface area contributed by atoms with Crippen LogP contribution in [0.15, 0.2) is 12.2 Å². The number of nitrogens with zero attached hydrogens (tertiary/aromatic N) is 1. The Morgan fingerprint density at radius 1 is 1.31 bits per heavy atom. The van der Waals surface area contributed by atoms with E-state index in [0.717, 1.165) is 25.4 Å². The monoisotopic (exact) mass is 221 g/mol. The molecule has 1 aliphatic heterocycles. The van der Waals surface area contributed by atoms with Crippen LogP contribution in [0.4, 0.5) is 0 Å². The molecule has 0 aromatic rings. The van der Waals surface area contributed by atoms with Gasteiger partial charge in [0.1, 0.15) is 6.29 Å². The Morgan fingerprint density at radius 3 is 2.75 bits per heavy atom. The summed E-state index contributed by atoms with van der Waals surface area (Å²) in [5.41, 5.74) is 0. The standard InChI is InChI=1S/C14H23NO/c16-12-14(15-10-4-5-11-15)9-8-13-6-2-1-3-7-13/h1-2,12-14H,3-11H2. The molecule has 16 heavy (non-hydrogen) atoms. The minimum absolute atomic E-state index is 0.202. The number of hydrogen-bond acceptors (Lipinski definition) is 2. The van der Waals surface area contributed by atoms with Gasteiger partial charge in [0, 0.05) is 0 Å². The predicted molar refractivity (Wildman–Crippen MR) is 66.4 cm³/mol. The van der Waals surface area contributed by atoms with Gasteiger partial charge in [0.15, 0.2) is 0 Å². The van der Waals surface area contributed by atoms with Gasteiger partial charge in [-0.1, -0.05) is 12.2 Å². The molecule has 1 aliphatic carbocycles. The van der Waals surface area contributed by atoms with Crippen molar-refractivity contribution in [2.75, 3.05) is 13.1 Å². The maximum atomic E-state index is 11.1. The summed E-state index contributed by atoms with van der Waals surface area (Å²) in [6.07, 6.45) is 14.4. The Hall–Kier alpha value is -0.630. The molecule has 0 saturated carbocycles. The molecule has 2 aliphatic rings. The summed E-state index contributed by atoms with van der Waals surface area (Å²) in [5.74, 6) is 0.829. The molecule has 1 fully saturated rings. The number of hydrogen-bond donors (Lipinski definition) is 0. The molecular weight excluding hydrogens is 198 g/mol. The van der Waals surface area contributed by atoms with Crippen LogP contribution in [0.25, 0.3) is 0 Å². The van der Waals surface area contributed by atoms with E-state index in [1.807, 2.05) is 0 Å². The van der Waals surface area contributed by atoms with Gasteiger partial charge in [-0.05, 0) is 64.0 Å². The van der Waals surface area contributed by atoms with Crippen LogP contribution in [0, 0.1) is 5.92 Å². The Morgan fingerprint density at radius 2 is 2.12 bits per heavy atom. The molecule has 0 N–H and O–H groups in total. The summed E-state index contributed by atoms with van der Waals surface area (Å²) >= 11 is 0. The van der Waals surface area contributed by atoms with Gasteiger partial charge in [0.25, 0.3) is 0 Å². The minimum atomic E-state index is 0.202. The molecular formula is C14H23NO. The van der Waals surface area contributed by atoms with Crippen LogP contribution < -0.4 is 0 Å². The number of rotatable bonds is 5. The summed E-state index contributed by atoms with van der Waals surface area (Å²) in [5, 5.41) is 0. The van der Waals surface area contributed by atoms with Gasteiger partial charge < -0.3 is 4.79 Å². The second-order valence-corrected chi connectivity index (χ2v) is 5.17. The Bertz CT molecular complexity index is 243. The van der Waals surface area contributed by atoms with Crippen LogP contribution in [0.3, 0.4) is 0 Å². The Labute approximate surface area is 98.7 Å². The van der Waals surface area contributed by atoms with Crippen LogP contribution in [0.2, 0.25) is 0 Å². The number of carbonyl (C=O) groups is 1. The van der Waals surface area contributed by atoms with E-state index in [-0.39, 0.29) is 6.04 Å². The van der Waals surface area contributed by atoms with Gasteiger partial charge in [-0.2, -0.15) is 0 Å². The third-order valence-corrected chi connectivity index (χ3v) is 4.02. The first kappa shape index (κ1) is 11.8. The number of carbonyl (C=O) groups excluding carboxylic acids is 1. The maximum absolute atomic E-state index is 11.1. The molecule has 2 nitrogen and oxygen atoms in total. The highest BCUT2D eigenvalue weighted by Gasteiger charge is 2.22. The summed E-state index contributed by atoms with van der Waals surface area (Å²) < 4.78 is 0. The topological polar surface area (TPSA) is 20.3 Å². The summed E-state index contributed by atoms with van der Waals surface area (Å²) in [6.45, 7) is 2.27. The lowest BCUT2D eigenvalue weighted by Crippen LogP contribution is -2.34. The lowest BCUT2D eigenvalue weighted by atomic mass is 9.89. The highest BCUT2D eigenvalue weighted by Crippen LogP contribution is 2.25. The van der Waals surface area contributed by atoms with E-state index in [4.69, 9.17) is 0 Å². The van der Waals surface area contributed by atoms with Crippen molar-refractivity contribution in [3.8, 4) is 0 Å². The van der Waals surface area contributed by atoms with Crippen molar-refractivity contribution in [1.29, 1.82) is 0 Å². The lowest BCUT2D eigenvalue weighted by molar-refractivity contribution is -0.112. The largest absolute Gasteiger partial charge is 0.302 e. The molecule has 1 heterocycles. The van der Waals surface area contributed by atoms with Crippen molar-refractivity contribution < 1.29 is 4.79 Å². The van der Waals surface area contributed by atoms with E-state index in [1.54, 1.807) is 0 Å². The highest BCUT2D eigenvalue weighted by atomic mass is 16.1. The van der Waals surface area contributed by atoms with E-state index in [0.29, 0.717) is 0 Å². The predicted octanol–water partition coefficient (Wildman–Crippen LogP) is 2.79. The van der Waals surface area contributed by atoms with Crippen LogP contribution in [0.5, 0.6) is 0 Å². The van der Waals surface area contributed by atoms with Gasteiger partial charge in [-0.25, -0.2) is 0 Å². The smallest absolute Gasteiger partial charge is 0.137 e. The molecule has 2 unspecified atom stereocenters. The van der Waals surface area contributed by atoms with Crippen molar-refractivity contribution in [2.45, 2.75) is 51.0 Å². The zero-order valence-electron chi connectivity index (χ0n) is 10.1. The Kier molecular flexibility index (Phi) is 4.58.